The summed E-state index contributed by atoms with van der Waals surface area (Å²) in [7, 11) is 9.91. The molecule has 0 bridgehead atoms. The van der Waals surface area contributed by atoms with E-state index < -0.39 is 0 Å². The number of carbonyl (C=O) groups excluding carboxylic acids is 1. The van der Waals surface area contributed by atoms with Gasteiger partial charge in [0.2, 0.25) is 0 Å². The Morgan fingerprint density at radius 1 is 0.967 bits per heavy atom. The number of Topliss-reactive ketones (excluding diaryl/α,β-unsaturated/α-hetero) is 1. The minimum atomic E-state index is 0.331. The third-order valence-electron chi connectivity index (χ3n) is 6.96. The number of rotatable bonds is 4. The molecule has 3 atom stereocenters. The quantitative estimate of drug-likeness (QED) is 0.650. The third kappa shape index (κ3) is 10.7. The van der Waals surface area contributed by atoms with Gasteiger partial charge in [0.05, 0.1) is 6.54 Å². The van der Waals surface area contributed by atoms with Crippen molar-refractivity contribution in [2.75, 3.05) is 41.8 Å². The molecule has 180 valence electrons. The fourth-order valence-electron chi connectivity index (χ4n) is 5.24. The minimum Gasteiger partial charge on any atom is -0.328 e. The Morgan fingerprint density at radius 2 is 1.50 bits per heavy atom. The summed E-state index contributed by atoms with van der Waals surface area (Å²) in [5, 5.41) is 0. The summed E-state index contributed by atoms with van der Waals surface area (Å²) in [6.07, 6.45) is 11.5. The fourth-order valence-corrected chi connectivity index (χ4v) is 5.24. The Hall–Kier alpha value is -0.450. The van der Waals surface area contributed by atoms with Crippen LogP contribution in [0.3, 0.4) is 0 Å². The van der Waals surface area contributed by atoms with Crippen molar-refractivity contribution < 1.29 is 4.79 Å². The van der Waals surface area contributed by atoms with Crippen molar-refractivity contribution >= 4 is 5.78 Å². The minimum absolute atomic E-state index is 0.331. The van der Waals surface area contributed by atoms with E-state index >= 15 is 0 Å². The number of nitrogens with zero attached hydrogens (tertiary/aromatic N) is 2. The fraction of sp³-hybridized carbons (Fsp3) is 0.962. The molecular formula is C26H55N3O. The van der Waals surface area contributed by atoms with E-state index in [9.17, 15) is 4.79 Å². The van der Waals surface area contributed by atoms with E-state index in [2.05, 4.69) is 20.8 Å². The first-order valence-corrected chi connectivity index (χ1v) is 12.4. The maximum Gasteiger partial charge on any atom is 0.149 e. The van der Waals surface area contributed by atoms with Crippen LogP contribution in [0.25, 0.3) is 0 Å². The Morgan fingerprint density at radius 3 is 1.80 bits per heavy atom. The highest BCUT2D eigenvalue weighted by molar-refractivity contribution is 5.84. The molecule has 1 spiro atoms. The van der Waals surface area contributed by atoms with E-state index in [-0.39, 0.29) is 0 Å². The van der Waals surface area contributed by atoms with Gasteiger partial charge in [0.15, 0.2) is 0 Å². The Balaban J connectivity index is 0.000000477. The van der Waals surface area contributed by atoms with Gasteiger partial charge in [-0.15, -0.1) is 0 Å². The van der Waals surface area contributed by atoms with Gasteiger partial charge in [-0.05, 0) is 96.9 Å². The molecule has 3 aliphatic carbocycles. The monoisotopic (exact) mass is 425 g/mol. The molecule has 3 fully saturated rings. The van der Waals surface area contributed by atoms with E-state index in [1.165, 1.54) is 32.1 Å². The molecule has 3 aliphatic rings. The van der Waals surface area contributed by atoms with Crippen LogP contribution in [0.2, 0.25) is 0 Å². The van der Waals surface area contributed by atoms with E-state index in [0.29, 0.717) is 35.1 Å². The van der Waals surface area contributed by atoms with Gasteiger partial charge < -0.3 is 15.5 Å². The van der Waals surface area contributed by atoms with Crippen molar-refractivity contribution in [3.63, 3.8) is 0 Å². The van der Waals surface area contributed by atoms with E-state index in [4.69, 9.17) is 5.73 Å². The SMILES string of the molecule is CC.CCC1(C)CCC(C)C1.CN(C)C.CN(C)CC(=O)C1CC2(CCC(N)C2)C1. The summed E-state index contributed by atoms with van der Waals surface area (Å²) in [4.78, 5) is 15.8. The number of ketones is 1. The zero-order valence-corrected chi connectivity index (χ0v) is 22.2. The molecule has 0 saturated heterocycles. The molecule has 3 unspecified atom stereocenters. The van der Waals surface area contributed by atoms with Gasteiger partial charge in [0.25, 0.3) is 0 Å². The first-order chi connectivity index (χ1) is 13.9. The molecule has 3 rings (SSSR count). The molecule has 2 N–H and O–H groups in total. The maximum atomic E-state index is 11.8. The second kappa shape index (κ2) is 13.9. The largest absolute Gasteiger partial charge is 0.328 e. The van der Waals surface area contributed by atoms with Gasteiger partial charge in [-0.2, -0.15) is 0 Å². The van der Waals surface area contributed by atoms with Gasteiger partial charge in [-0.25, -0.2) is 0 Å². The van der Waals surface area contributed by atoms with Gasteiger partial charge in [0, 0.05) is 12.0 Å². The molecule has 0 radical (unpaired) electrons. The molecule has 0 amide bonds. The molecule has 30 heavy (non-hydrogen) atoms. The van der Waals surface area contributed by atoms with Crippen LogP contribution in [-0.2, 0) is 4.79 Å². The van der Waals surface area contributed by atoms with Crippen LogP contribution in [0.5, 0.6) is 0 Å². The lowest BCUT2D eigenvalue weighted by atomic mass is 9.59. The molecule has 0 heterocycles. The smallest absolute Gasteiger partial charge is 0.149 e. The van der Waals surface area contributed by atoms with Gasteiger partial charge >= 0.3 is 0 Å². The predicted molar refractivity (Wildman–Crippen MR) is 133 cm³/mol. The van der Waals surface area contributed by atoms with Crippen LogP contribution < -0.4 is 5.73 Å². The summed E-state index contributed by atoms with van der Waals surface area (Å²) in [5.41, 5.74) is 7.10. The van der Waals surface area contributed by atoms with Gasteiger partial charge in [0.1, 0.15) is 5.78 Å². The number of nitrogens with two attached hydrogens (primary N) is 1. The topological polar surface area (TPSA) is 49.6 Å². The lowest BCUT2D eigenvalue weighted by Crippen LogP contribution is -2.43. The highest BCUT2D eigenvalue weighted by Crippen LogP contribution is 2.56. The maximum absolute atomic E-state index is 11.8. The molecule has 3 saturated carbocycles. The normalized spacial score (nSPS) is 34.4. The van der Waals surface area contributed by atoms with Crippen LogP contribution in [0.1, 0.15) is 92.4 Å². The lowest BCUT2D eigenvalue weighted by Gasteiger charge is -2.45. The molecule has 4 nitrogen and oxygen atoms in total. The summed E-state index contributed by atoms with van der Waals surface area (Å²) in [6.45, 7) is 11.7. The van der Waals surface area contributed by atoms with Crippen molar-refractivity contribution in [1.29, 1.82) is 0 Å². The average molecular weight is 426 g/mol. The first kappa shape index (κ1) is 29.5. The molecular weight excluding hydrogens is 370 g/mol. The van der Waals surface area contributed by atoms with E-state index in [1.54, 1.807) is 0 Å². The third-order valence-corrected chi connectivity index (χ3v) is 6.96. The predicted octanol–water partition coefficient (Wildman–Crippen LogP) is 5.45. The zero-order chi connectivity index (χ0) is 23.5. The van der Waals surface area contributed by atoms with Gasteiger partial charge in [-0.3, -0.25) is 4.79 Å². The van der Waals surface area contributed by atoms with E-state index in [1.807, 2.05) is 58.9 Å². The van der Waals surface area contributed by atoms with Crippen molar-refractivity contribution in [3.05, 3.63) is 0 Å². The van der Waals surface area contributed by atoms with Crippen molar-refractivity contribution in [1.82, 2.24) is 9.80 Å². The average Bonchev–Trinajstić information content (AvgIpc) is 3.18. The highest BCUT2D eigenvalue weighted by Gasteiger charge is 2.49. The Kier molecular flexibility index (Phi) is 13.6. The van der Waals surface area contributed by atoms with Crippen molar-refractivity contribution in [3.8, 4) is 0 Å². The van der Waals surface area contributed by atoms with Crippen molar-refractivity contribution in [2.45, 2.75) is 98.4 Å². The summed E-state index contributed by atoms with van der Waals surface area (Å²) in [5.74, 6) is 1.75. The number of hydrogen-bond donors (Lipinski definition) is 1. The number of hydrogen-bond acceptors (Lipinski definition) is 4. The first-order valence-electron chi connectivity index (χ1n) is 12.4. The molecule has 0 aromatic rings. The van der Waals surface area contributed by atoms with Crippen molar-refractivity contribution in [2.24, 2.45) is 28.4 Å². The molecule has 0 aliphatic heterocycles. The Labute approximate surface area is 189 Å². The highest BCUT2D eigenvalue weighted by atomic mass is 16.1. The van der Waals surface area contributed by atoms with Crippen LogP contribution in [0.4, 0.5) is 0 Å². The molecule has 4 heteroatoms. The van der Waals surface area contributed by atoms with Crippen LogP contribution in [-0.4, -0.2) is 63.4 Å². The molecule has 0 aromatic carbocycles. The summed E-state index contributed by atoms with van der Waals surface area (Å²) in [6, 6.07) is 0.398. The van der Waals surface area contributed by atoms with E-state index in [0.717, 1.165) is 31.6 Å². The van der Waals surface area contributed by atoms with Crippen LogP contribution in [0.15, 0.2) is 0 Å². The second-order valence-corrected chi connectivity index (χ2v) is 11.2. The standard InChI is InChI=1S/C12H22N2O.C9H18.C3H9N.C2H6/c1-14(2)8-11(15)9-5-12(6-9)4-3-10(13)7-12;1-4-9(3)6-5-8(2)7-9;1-4(2)3;1-2/h9-10H,3-8,13H2,1-2H3;8H,4-7H2,1-3H3;1-3H3;1-2H3. The van der Waals surface area contributed by atoms with Crippen LogP contribution in [0, 0.1) is 22.7 Å². The lowest BCUT2D eigenvalue weighted by molar-refractivity contribution is -0.130. The summed E-state index contributed by atoms with van der Waals surface area (Å²) >= 11 is 0. The molecule has 0 aromatic heterocycles. The Bertz CT molecular complexity index is 468. The zero-order valence-electron chi connectivity index (χ0n) is 22.2. The number of likely N-dealkylation sites (N-methyl/N-ethyl adjacent to an activating group) is 1. The van der Waals surface area contributed by atoms with Gasteiger partial charge in [-0.1, -0.05) is 47.5 Å². The second-order valence-electron chi connectivity index (χ2n) is 11.2. The van der Waals surface area contributed by atoms with Crippen LogP contribution >= 0.6 is 0 Å². The number of carbonyl (C=O) groups is 1. The summed E-state index contributed by atoms with van der Waals surface area (Å²) < 4.78 is 0.